The molecule has 0 aliphatic heterocycles. The molecule has 0 N–H and O–H groups in total. The van der Waals surface area contributed by atoms with E-state index in [-0.39, 0.29) is 0 Å². The maximum Gasteiger partial charge on any atom is 0.240 e. The van der Waals surface area contributed by atoms with Crippen LogP contribution in [-0.2, 0) is 0 Å². The molecule has 12 rings (SSSR count). The molecule has 0 atom stereocenters. The Kier molecular flexibility index (Phi) is 6.79. The van der Waals surface area contributed by atoms with Crippen LogP contribution in [0.2, 0.25) is 0 Å². The van der Waals surface area contributed by atoms with Gasteiger partial charge in [0.25, 0.3) is 0 Å². The molecule has 7 nitrogen and oxygen atoms in total. The van der Waals surface area contributed by atoms with E-state index in [1.165, 1.54) is 0 Å². The Labute approximate surface area is 326 Å². The average Bonchev–Trinajstić information content (AvgIpc) is 3.94. The van der Waals surface area contributed by atoms with Crippen LogP contribution in [0, 0.1) is 0 Å². The zero-order valence-electron chi connectivity index (χ0n) is 30.5. The van der Waals surface area contributed by atoms with Crippen LogP contribution in [0.5, 0.6) is 0 Å². The number of hydrogen-bond acceptors (Lipinski definition) is 4. The number of rotatable bonds is 5. The number of fused-ring (bicyclic) bond motifs is 12. The summed E-state index contributed by atoms with van der Waals surface area (Å²) in [6.07, 6.45) is 1.86. The van der Waals surface area contributed by atoms with Gasteiger partial charge in [0, 0.05) is 61.0 Å². The monoisotopic (exact) mass is 729 g/mol. The van der Waals surface area contributed by atoms with Gasteiger partial charge < -0.3 is 9.13 Å². The lowest BCUT2D eigenvalue weighted by atomic mass is 10.0. The van der Waals surface area contributed by atoms with Crippen LogP contribution in [0.25, 0.3) is 106 Å². The van der Waals surface area contributed by atoms with Gasteiger partial charge in [0.2, 0.25) is 5.95 Å². The standard InChI is InChI=1S/C50H31N7/c1-5-18-32(19-6-1)47-52-48(33-20-7-2-8-21-33)54-50(53-47)57-45-42(38-28-17-31-51-49(38)57)41-36-26-13-15-29-39(36)55(34-22-9-3-10-23-34)44(41)43-37-27-14-16-30-40(37)56(46(43)45)35-24-11-4-12-25-35/h1-31H. The number of benzene rings is 7. The molecular formula is C50H31N7. The van der Waals surface area contributed by atoms with Gasteiger partial charge in [0.1, 0.15) is 5.65 Å². The van der Waals surface area contributed by atoms with Crippen LogP contribution in [0.15, 0.2) is 188 Å². The molecule has 0 unspecified atom stereocenters. The van der Waals surface area contributed by atoms with Crippen LogP contribution in [0.4, 0.5) is 0 Å². The van der Waals surface area contributed by atoms with E-state index in [9.17, 15) is 0 Å². The minimum absolute atomic E-state index is 0.499. The van der Waals surface area contributed by atoms with Gasteiger partial charge in [-0.2, -0.15) is 9.97 Å². The van der Waals surface area contributed by atoms with E-state index in [0.717, 1.165) is 88.0 Å². The molecule has 0 saturated heterocycles. The highest BCUT2D eigenvalue weighted by atomic mass is 15.2. The normalized spacial score (nSPS) is 11.9. The predicted octanol–water partition coefficient (Wildman–Crippen LogP) is 11.9. The van der Waals surface area contributed by atoms with E-state index in [0.29, 0.717) is 17.6 Å². The molecule has 0 bridgehead atoms. The zero-order chi connectivity index (χ0) is 37.5. The molecular weight excluding hydrogens is 699 g/mol. The number of nitrogens with zero attached hydrogens (tertiary/aromatic N) is 7. The quantitative estimate of drug-likeness (QED) is 0.177. The molecule has 0 saturated carbocycles. The van der Waals surface area contributed by atoms with Gasteiger partial charge in [0.05, 0.1) is 27.6 Å². The van der Waals surface area contributed by atoms with Crippen molar-refractivity contribution >= 4 is 65.5 Å². The molecule has 57 heavy (non-hydrogen) atoms. The van der Waals surface area contributed by atoms with Gasteiger partial charge in [0.15, 0.2) is 11.6 Å². The van der Waals surface area contributed by atoms with Crippen molar-refractivity contribution in [2.75, 3.05) is 0 Å². The summed E-state index contributed by atoms with van der Waals surface area (Å²) < 4.78 is 7.03. The van der Waals surface area contributed by atoms with Crippen molar-refractivity contribution in [3.8, 4) is 40.1 Å². The zero-order valence-corrected chi connectivity index (χ0v) is 30.5. The SMILES string of the molecule is c1ccc(-c2nc(-c3ccccc3)nc(-n3c4ncccc4c4c5c6ccccc6n(-c6ccccc6)c5c5c6ccccc6n(-c6ccccc6)c5c43)n2)cc1. The van der Waals surface area contributed by atoms with Gasteiger partial charge in [-0.25, -0.2) is 9.97 Å². The van der Waals surface area contributed by atoms with Crippen molar-refractivity contribution in [2.45, 2.75) is 0 Å². The summed E-state index contributed by atoms with van der Waals surface area (Å²) in [6.45, 7) is 0. The minimum atomic E-state index is 0.499. The summed E-state index contributed by atoms with van der Waals surface area (Å²) >= 11 is 0. The first-order valence-corrected chi connectivity index (χ1v) is 19.1. The Morgan fingerprint density at radius 3 is 1.35 bits per heavy atom. The van der Waals surface area contributed by atoms with E-state index in [4.69, 9.17) is 19.9 Å². The van der Waals surface area contributed by atoms with Gasteiger partial charge in [-0.05, 0) is 48.5 Å². The minimum Gasteiger partial charge on any atom is -0.309 e. The first kappa shape index (κ1) is 31.5. The van der Waals surface area contributed by atoms with Crippen molar-refractivity contribution in [1.29, 1.82) is 0 Å². The van der Waals surface area contributed by atoms with Gasteiger partial charge in [-0.1, -0.05) is 133 Å². The van der Waals surface area contributed by atoms with Crippen molar-refractivity contribution in [3.05, 3.63) is 188 Å². The van der Waals surface area contributed by atoms with Crippen LogP contribution in [0.3, 0.4) is 0 Å². The summed E-state index contributed by atoms with van der Waals surface area (Å²) in [6, 6.07) is 63.4. The third-order valence-corrected chi connectivity index (χ3v) is 11.1. The largest absolute Gasteiger partial charge is 0.309 e. The molecule has 5 aromatic heterocycles. The number of hydrogen-bond donors (Lipinski definition) is 0. The maximum atomic E-state index is 5.32. The average molecular weight is 730 g/mol. The Morgan fingerprint density at radius 2 is 0.772 bits per heavy atom. The summed E-state index contributed by atoms with van der Waals surface area (Å²) in [7, 11) is 0. The van der Waals surface area contributed by atoms with E-state index in [1.54, 1.807) is 0 Å². The van der Waals surface area contributed by atoms with Crippen molar-refractivity contribution in [2.24, 2.45) is 0 Å². The molecule has 5 heterocycles. The highest BCUT2D eigenvalue weighted by Gasteiger charge is 2.30. The molecule has 0 radical (unpaired) electrons. The fourth-order valence-corrected chi connectivity index (χ4v) is 8.81. The molecule has 0 fully saturated rings. The van der Waals surface area contributed by atoms with E-state index in [1.807, 2.05) is 72.9 Å². The van der Waals surface area contributed by atoms with Crippen molar-refractivity contribution < 1.29 is 0 Å². The van der Waals surface area contributed by atoms with E-state index >= 15 is 0 Å². The Bertz CT molecular complexity index is 3440. The summed E-state index contributed by atoms with van der Waals surface area (Å²) in [4.78, 5) is 20.9. The highest BCUT2D eigenvalue weighted by Crippen LogP contribution is 2.49. The predicted molar refractivity (Wildman–Crippen MR) is 232 cm³/mol. The number of para-hydroxylation sites is 4. The Hall–Kier alpha value is -7.90. The molecule has 7 aromatic carbocycles. The smallest absolute Gasteiger partial charge is 0.240 e. The van der Waals surface area contributed by atoms with Gasteiger partial charge in [-0.3, -0.25) is 4.57 Å². The Morgan fingerprint density at radius 1 is 0.333 bits per heavy atom. The summed E-state index contributed by atoms with van der Waals surface area (Å²) in [5, 5.41) is 6.72. The number of pyridine rings is 1. The lowest BCUT2D eigenvalue weighted by Crippen LogP contribution is -2.08. The molecule has 266 valence electrons. The summed E-state index contributed by atoms with van der Waals surface area (Å²) in [5.74, 6) is 1.68. The van der Waals surface area contributed by atoms with Crippen molar-refractivity contribution in [1.82, 2.24) is 33.6 Å². The topological polar surface area (TPSA) is 66.3 Å². The second-order valence-electron chi connectivity index (χ2n) is 14.3. The lowest BCUT2D eigenvalue weighted by molar-refractivity contribution is 0.944. The molecule has 0 aliphatic rings. The molecule has 0 amide bonds. The van der Waals surface area contributed by atoms with Crippen LogP contribution >= 0.6 is 0 Å². The second kappa shape index (κ2) is 12.3. The maximum absolute atomic E-state index is 5.32. The first-order chi connectivity index (χ1) is 28.3. The van der Waals surface area contributed by atoms with E-state index in [2.05, 4.69) is 129 Å². The molecule has 0 spiro atoms. The lowest BCUT2D eigenvalue weighted by Gasteiger charge is -2.14. The Balaban J connectivity index is 1.38. The molecule has 12 aromatic rings. The fourth-order valence-electron chi connectivity index (χ4n) is 8.81. The molecule has 7 heteroatoms. The second-order valence-corrected chi connectivity index (χ2v) is 14.3. The fraction of sp³-hybridized carbons (Fsp3) is 0. The van der Waals surface area contributed by atoms with Crippen LogP contribution in [0.1, 0.15) is 0 Å². The third kappa shape index (κ3) is 4.60. The van der Waals surface area contributed by atoms with E-state index < -0.39 is 0 Å². The summed E-state index contributed by atoms with van der Waals surface area (Å²) in [5.41, 5.74) is 10.1. The van der Waals surface area contributed by atoms with Crippen LogP contribution in [-0.4, -0.2) is 33.6 Å². The number of aromatic nitrogens is 7. The third-order valence-electron chi connectivity index (χ3n) is 11.1. The highest BCUT2D eigenvalue weighted by molar-refractivity contribution is 6.40. The molecule has 0 aliphatic carbocycles. The van der Waals surface area contributed by atoms with Crippen molar-refractivity contribution in [3.63, 3.8) is 0 Å². The van der Waals surface area contributed by atoms with Gasteiger partial charge in [-0.15, -0.1) is 0 Å². The first-order valence-electron chi connectivity index (χ1n) is 19.1. The van der Waals surface area contributed by atoms with Gasteiger partial charge >= 0.3 is 0 Å². The van der Waals surface area contributed by atoms with Crippen LogP contribution < -0.4 is 0 Å².